The summed E-state index contributed by atoms with van der Waals surface area (Å²) in [5.74, 6) is -1.35. The number of aliphatic hydroxyl groups excluding tert-OH is 1. The van der Waals surface area contributed by atoms with E-state index in [2.05, 4.69) is 19.1 Å². The first-order valence-corrected chi connectivity index (χ1v) is 11.7. The standard InChI is InChI=1S/C24H46O3.Li/c1-2-3-4-5-6-7-8-9-10-11-12-13-14-15-16-17-18-19-20-21-22-23(25)24(26)27;/h15-16,23,25H,2-14,17-22H2,1H3,(H,26,27);/q;+1/p-1. The van der Waals surface area contributed by atoms with E-state index in [9.17, 15) is 9.90 Å². The third kappa shape index (κ3) is 23.8. The normalized spacial score (nSPS) is 12.2. The molecule has 0 saturated heterocycles. The molecular formula is C24H45LiO3. The van der Waals surface area contributed by atoms with Gasteiger partial charge < -0.3 is 15.0 Å². The minimum atomic E-state index is -1.35. The maximum Gasteiger partial charge on any atom is 1.00 e. The van der Waals surface area contributed by atoms with Gasteiger partial charge in [-0.25, -0.2) is 0 Å². The molecule has 1 atom stereocenters. The van der Waals surface area contributed by atoms with Crippen molar-refractivity contribution >= 4 is 5.97 Å². The van der Waals surface area contributed by atoms with Crippen LogP contribution in [0.25, 0.3) is 0 Å². The van der Waals surface area contributed by atoms with Crippen molar-refractivity contribution in [3.05, 3.63) is 12.2 Å². The number of carboxylic acid groups (broad SMARTS) is 1. The molecule has 28 heavy (non-hydrogen) atoms. The summed E-state index contributed by atoms with van der Waals surface area (Å²) in [5, 5.41) is 19.5. The van der Waals surface area contributed by atoms with Crippen molar-refractivity contribution in [3.8, 4) is 0 Å². The predicted molar refractivity (Wildman–Crippen MR) is 114 cm³/mol. The molecule has 0 heterocycles. The quantitative estimate of drug-likeness (QED) is 0.187. The SMILES string of the molecule is CCCCCCCCCCCCCCC=CCCCCCCC(O)C(=O)[O-].[Li+]. The van der Waals surface area contributed by atoms with E-state index < -0.39 is 12.1 Å². The molecule has 0 fully saturated rings. The summed E-state index contributed by atoms with van der Waals surface area (Å²) in [5.41, 5.74) is 0. The molecule has 0 aliphatic carbocycles. The molecule has 0 aliphatic heterocycles. The second kappa shape index (κ2) is 24.8. The van der Waals surface area contributed by atoms with Gasteiger partial charge in [0, 0.05) is 0 Å². The molecule has 0 aromatic heterocycles. The summed E-state index contributed by atoms with van der Waals surface area (Å²) >= 11 is 0. The van der Waals surface area contributed by atoms with Gasteiger partial charge in [0.1, 0.15) is 0 Å². The van der Waals surface area contributed by atoms with Crippen LogP contribution >= 0.6 is 0 Å². The number of rotatable bonds is 21. The fourth-order valence-corrected chi connectivity index (χ4v) is 3.41. The van der Waals surface area contributed by atoms with Gasteiger partial charge in [0.15, 0.2) is 0 Å². The Morgan fingerprint density at radius 1 is 0.714 bits per heavy atom. The molecule has 0 amide bonds. The minimum absolute atomic E-state index is 0. The fourth-order valence-electron chi connectivity index (χ4n) is 3.41. The van der Waals surface area contributed by atoms with Gasteiger partial charge >= 0.3 is 18.9 Å². The molecule has 0 radical (unpaired) electrons. The maximum absolute atomic E-state index is 10.4. The minimum Gasteiger partial charge on any atom is -0.547 e. The first-order valence-electron chi connectivity index (χ1n) is 11.7. The van der Waals surface area contributed by atoms with Crippen molar-refractivity contribution in [2.24, 2.45) is 0 Å². The van der Waals surface area contributed by atoms with E-state index >= 15 is 0 Å². The van der Waals surface area contributed by atoms with Crippen LogP contribution in [0.1, 0.15) is 129 Å². The fraction of sp³-hybridized carbons (Fsp3) is 0.875. The van der Waals surface area contributed by atoms with Crippen LogP contribution in [0.5, 0.6) is 0 Å². The average molecular weight is 389 g/mol. The van der Waals surface area contributed by atoms with Crippen molar-refractivity contribution in [2.45, 2.75) is 135 Å². The molecule has 0 saturated carbocycles. The van der Waals surface area contributed by atoms with Crippen molar-refractivity contribution < 1.29 is 33.9 Å². The molecular weight excluding hydrogens is 343 g/mol. The molecule has 0 rings (SSSR count). The smallest absolute Gasteiger partial charge is 0.547 e. The van der Waals surface area contributed by atoms with Gasteiger partial charge in [-0.15, -0.1) is 0 Å². The zero-order chi connectivity index (χ0) is 20.0. The summed E-state index contributed by atoms with van der Waals surface area (Å²) < 4.78 is 0. The molecule has 0 aromatic rings. The topological polar surface area (TPSA) is 60.4 Å². The van der Waals surface area contributed by atoms with Gasteiger partial charge in [-0.2, -0.15) is 0 Å². The maximum atomic E-state index is 10.4. The van der Waals surface area contributed by atoms with Crippen LogP contribution < -0.4 is 24.0 Å². The second-order valence-electron chi connectivity index (χ2n) is 7.98. The van der Waals surface area contributed by atoms with Crippen LogP contribution in [-0.4, -0.2) is 17.2 Å². The van der Waals surface area contributed by atoms with Gasteiger partial charge in [-0.1, -0.05) is 109 Å². The van der Waals surface area contributed by atoms with Crippen LogP contribution in [0.3, 0.4) is 0 Å². The van der Waals surface area contributed by atoms with Crippen LogP contribution in [0, 0.1) is 0 Å². The monoisotopic (exact) mass is 388 g/mol. The van der Waals surface area contributed by atoms with E-state index in [1.165, 1.54) is 83.5 Å². The third-order valence-corrected chi connectivity index (χ3v) is 5.26. The number of allylic oxidation sites excluding steroid dienone is 2. The number of unbranched alkanes of at least 4 members (excludes halogenated alkanes) is 16. The molecule has 4 heteroatoms. The van der Waals surface area contributed by atoms with Crippen LogP contribution in [0.4, 0.5) is 0 Å². The Kier molecular flexibility index (Phi) is 26.5. The van der Waals surface area contributed by atoms with Crippen molar-refractivity contribution in [2.75, 3.05) is 0 Å². The number of carbonyl (C=O) groups excluding carboxylic acids is 1. The summed E-state index contributed by atoms with van der Waals surface area (Å²) in [6.07, 6.45) is 26.7. The van der Waals surface area contributed by atoms with Crippen molar-refractivity contribution in [1.29, 1.82) is 0 Å². The zero-order valence-electron chi connectivity index (χ0n) is 18.9. The van der Waals surface area contributed by atoms with E-state index in [4.69, 9.17) is 5.11 Å². The summed E-state index contributed by atoms with van der Waals surface area (Å²) in [6.45, 7) is 2.27. The average Bonchev–Trinajstić information content (AvgIpc) is 2.66. The molecule has 0 spiro atoms. The Labute approximate surface area is 186 Å². The molecule has 3 nitrogen and oxygen atoms in total. The molecule has 0 bridgehead atoms. The Morgan fingerprint density at radius 2 is 1.07 bits per heavy atom. The van der Waals surface area contributed by atoms with E-state index in [0.717, 1.165) is 32.1 Å². The van der Waals surface area contributed by atoms with E-state index in [0.29, 0.717) is 6.42 Å². The van der Waals surface area contributed by atoms with Gasteiger partial charge in [0.25, 0.3) is 0 Å². The van der Waals surface area contributed by atoms with Gasteiger partial charge in [-0.3, -0.25) is 0 Å². The van der Waals surface area contributed by atoms with Crippen molar-refractivity contribution in [1.82, 2.24) is 0 Å². The van der Waals surface area contributed by atoms with Gasteiger partial charge in [-0.05, 0) is 32.1 Å². The number of aliphatic carboxylic acids is 1. The molecule has 0 aromatic carbocycles. The van der Waals surface area contributed by atoms with Crippen LogP contribution in [0.15, 0.2) is 12.2 Å². The van der Waals surface area contributed by atoms with E-state index in [-0.39, 0.29) is 18.9 Å². The van der Waals surface area contributed by atoms with E-state index in [1.807, 2.05) is 0 Å². The largest absolute Gasteiger partial charge is 1.00 e. The van der Waals surface area contributed by atoms with E-state index in [1.54, 1.807) is 0 Å². The number of carbonyl (C=O) groups is 1. The van der Waals surface area contributed by atoms with Gasteiger partial charge in [0.2, 0.25) is 0 Å². The van der Waals surface area contributed by atoms with Crippen molar-refractivity contribution in [3.63, 3.8) is 0 Å². The van der Waals surface area contributed by atoms with Gasteiger partial charge in [0.05, 0.1) is 12.1 Å². The number of hydrogen-bond acceptors (Lipinski definition) is 3. The summed E-state index contributed by atoms with van der Waals surface area (Å²) in [4.78, 5) is 10.4. The zero-order valence-corrected chi connectivity index (χ0v) is 18.9. The Balaban J connectivity index is 0. The number of hydrogen-bond donors (Lipinski definition) is 1. The summed E-state index contributed by atoms with van der Waals surface area (Å²) in [6, 6.07) is 0. The Bertz CT molecular complexity index is 345. The molecule has 160 valence electrons. The van der Waals surface area contributed by atoms with Crippen LogP contribution in [-0.2, 0) is 4.79 Å². The van der Waals surface area contributed by atoms with Crippen LogP contribution in [0.2, 0.25) is 0 Å². The Morgan fingerprint density at radius 3 is 1.46 bits per heavy atom. The molecule has 1 unspecified atom stereocenters. The summed E-state index contributed by atoms with van der Waals surface area (Å²) in [7, 11) is 0. The molecule has 1 N–H and O–H groups in total. The first-order chi connectivity index (χ1) is 13.2. The number of aliphatic hydroxyl groups is 1. The molecule has 0 aliphatic rings. The predicted octanol–water partition coefficient (Wildman–Crippen LogP) is 3.09. The number of carboxylic acids is 1. The third-order valence-electron chi connectivity index (χ3n) is 5.26. The second-order valence-corrected chi connectivity index (χ2v) is 7.98. The first kappa shape index (κ1) is 30.0. The Hall–Kier alpha value is -0.233.